The van der Waals surface area contributed by atoms with Gasteiger partial charge in [-0.2, -0.15) is 0 Å². The highest BCUT2D eigenvalue weighted by molar-refractivity contribution is 8.00. The van der Waals surface area contributed by atoms with Gasteiger partial charge in [-0.1, -0.05) is 6.92 Å². The van der Waals surface area contributed by atoms with Crippen LogP contribution in [0.25, 0.3) is 0 Å². The van der Waals surface area contributed by atoms with Gasteiger partial charge in [-0.3, -0.25) is 19.3 Å². The Morgan fingerprint density at radius 1 is 1.50 bits per heavy atom. The molecule has 2 unspecified atom stereocenters. The third-order valence-electron chi connectivity index (χ3n) is 2.90. The van der Waals surface area contributed by atoms with Crippen molar-refractivity contribution in [2.75, 3.05) is 5.75 Å². The molecule has 5 nitrogen and oxygen atoms in total. The number of imide groups is 1. The van der Waals surface area contributed by atoms with Gasteiger partial charge in [0.2, 0.25) is 11.8 Å². The van der Waals surface area contributed by atoms with Crippen molar-refractivity contribution in [1.82, 2.24) is 4.90 Å². The SMILES string of the molecule is CCC(=O)C(N)CSC1CC(=O)N(C(C)C)C1=O. The van der Waals surface area contributed by atoms with Gasteiger partial charge >= 0.3 is 0 Å². The second-order valence-corrected chi connectivity index (χ2v) is 5.88. The Kier molecular flexibility index (Phi) is 5.34. The average molecular weight is 272 g/mol. The van der Waals surface area contributed by atoms with Gasteiger partial charge in [-0.25, -0.2) is 0 Å². The smallest absolute Gasteiger partial charge is 0.243 e. The number of nitrogens with two attached hydrogens (primary N) is 1. The summed E-state index contributed by atoms with van der Waals surface area (Å²) in [6.45, 7) is 5.39. The highest BCUT2D eigenvalue weighted by atomic mass is 32.2. The maximum absolute atomic E-state index is 12.0. The summed E-state index contributed by atoms with van der Waals surface area (Å²) in [4.78, 5) is 36.3. The van der Waals surface area contributed by atoms with Crippen LogP contribution in [0, 0.1) is 0 Å². The summed E-state index contributed by atoms with van der Waals surface area (Å²) in [7, 11) is 0. The van der Waals surface area contributed by atoms with E-state index in [4.69, 9.17) is 5.73 Å². The molecule has 0 bridgehead atoms. The number of Topliss-reactive ketones (excluding diaryl/α,β-unsaturated/α-hetero) is 1. The number of nitrogens with zero attached hydrogens (tertiary/aromatic N) is 1. The molecule has 0 aromatic carbocycles. The van der Waals surface area contributed by atoms with Crippen LogP contribution in [0.4, 0.5) is 0 Å². The molecule has 0 aliphatic carbocycles. The molecule has 0 radical (unpaired) electrons. The van der Waals surface area contributed by atoms with Crippen molar-refractivity contribution in [3.05, 3.63) is 0 Å². The quantitative estimate of drug-likeness (QED) is 0.715. The number of likely N-dealkylation sites (tertiary alicyclic amines) is 1. The normalized spacial score (nSPS) is 21.8. The predicted molar refractivity (Wildman–Crippen MR) is 71.1 cm³/mol. The molecule has 0 spiro atoms. The van der Waals surface area contributed by atoms with Gasteiger partial charge in [0.05, 0.1) is 11.3 Å². The molecule has 0 aromatic heterocycles. The summed E-state index contributed by atoms with van der Waals surface area (Å²) in [6.07, 6.45) is 0.617. The molecule has 1 heterocycles. The molecule has 2 N–H and O–H groups in total. The number of thioether (sulfide) groups is 1. The molecule has 102 valence electrons. The number of amides is 2. The van der Waals surface area contributed by atoms with E-state index in [2.05, 4.69) is 0 Å². The third-order valence-corrected chi connectivity index (χ3v) is 4.22. The summed E-state index contributed by atoms with van der Waals surface area (Å²) in [5, 5.41) is -0.379. The van der Waals surface area contributed by atoms with Crippen LogP contribution < -0.4 is 5.73 Å². The first kappa shape index (κ1) is 15.2. The predicted octanol–water partition coefficient (Wildman–Crippen LogP) is 0.562. The van der Waals surface area contributed by atoms with E-state index >= 15 is 0 Å². The first-order valence-electron chi connectivity index (χ1n) is 6.14. The highest BCUT2D eigenvalue weighted by Gasteiger charge is 2.40. The lowest BCUT2D eigenvalue weighted by atomic mass is 10.2. The number of hydrogen-bond donors (Lipinski definition) is 1. The summed E-state index contributed by atoms with van der Waals surface area (Å²) in [5.41, 5.74) is 5.70. The van der Waals surface area contributed by atoms with Crippen LogP contribution in [0.3, 0.4) is 0 Å². The van der Waals surface area contributed by atoms with Gasteiger partial charge in [-0.05, 0) is 13.8 Å². The Bertz CT molecular complexity index is 357. The molecule has 1 aliphatic rings. The number of hydrogen-bond acceptors (Lipinski definition) is 5. The highest BCUT2D eigenvalue weighted by Crippen LogP contribution is 2.27. The molecule has 1 aliphatic heterocycles. The number of carbonyl (C=O) groups excluding carboxylic acids is 3. The maximum atomic E-state index is 12.0. The second kappa shape index (κ2) is 6.33. The fourth-order valence-corrected chi connectivity index (χ4v) is 3.01. The van der Waals surface area contributed by atoms with Gasteiger partial charge in [0.1, 0.15) is 5.78 Å². The van der Waals surface area contributed by atoms with Crippen molar-refractivity contribution in [3.8, 4) is 0 Å². The van der Waals surface area contributed by atoms with Crippen molar-refractivity contribution >= 4 is 29.4 Å². The zero-order chi connectivity index (χ0) is 13.9. The van der Waals surface area contributed by atoms with E-state index in [0.29, 0.717) is 12.2 Å². The minimum Gasteiger partial charge on any atom is -0.321 e. The standard InChI is InChI=1S/C12H20N2O3S/c1-4-9(15)8(13)6-18-10-5-11(16)14(7(2)3)12(10)17/h7-8,10H,4-6,13H2,1-3H3. The van der Waals surface area contributed by atoms with Crippen LogP contribution in [0.2, 0.25) is 0 Å². The molecule has 2 atom stereocenters. The molecule has 1 rings (SSSR count). The van der Waals surface area contributed by atoms with Crippen LogP contribution in [-0.4, -0.2) is 45.6 Å². The van der Waals surface area contributed by atoms with Gasteiger partial charge in [0.25, 0.3) is 0 Å². The van der Waals surface area contributed by atoms with Crippen LogP contribution >= 0.6 is 11.8 Å². The van der Waals surface area contributed by atoms with Gasteiger partial charge in [-0.15, -0.1) is 11.8 Å². The molecule has 2 amide bonds. The first-order valence-corrected chi connectivity index (χ1v) is 7.19. The monoisotopic (exact) mass is 272 g/mol. The lowest BCUT2D eigenvalue weighted by molar-refractivity contribution is -0.140. The maximum Gasteiger partial charge on any atom is 0.243 e. The van der Waals surface area contributed by atoms with Crippen molar-refractivity contribution in [1.29, 1.82) is 0 Å². The minimum atomic E-state index is -0.545. The number of ketones is 1. The molecule has 1 saturated heterocycles. The average Bonchev–Trinajstić information content (AvgIpc) is 2.60. The van der Waals surface area contributed by atoms with E-state index < -0.39 is 6.04 Å². The van der Waals surface area contributed by atoms with E-state index in [1.54, 1.807) is 6.92 Å². The molecular formula is C12H20N2O3S. The Morgan fingerprint density at radius 2 is 2.11 bits per heavy atom. The fourth-order valence-electron chi connectivity index (χ4n) is 1.87. The molecule has 0 saturated carbocycles. The molecular weight excluding hydrogens is 252 g/mol. The number of carbonyl (C=O) groups is 3. The Balaban J connectivity index is 2.53. The zero-order valence-corrected chi connectivity index (χ0v) is 11.8. The third kappa shape index (κ3) is 3.32. The molecule has 1 fully saturated rings. The topological polar surface area (TPSA) is 80.5 Å². The van der Waals surface area contributed by atoms with E-state index in [1.807, 2.05) is 13.8 Å². The number of rotatable bonds is 6. The van der Waals surface area contributed by atoms with E-state index in [-0.39, 0.29) is 35.3 Å². The van der Waals surface area contributed by atoms with Crippen LogP contribution in [0.15, 0.2) is 0 Å². The summed E-state index contributed by atoms with van der Waals surface area (Å²) in [6, 6.07) is -0.655. The lowest BCUT2D eigenvalue weighted by Crippen LogP contribution is -2.38. The van der Waals surface area contributed by atoms with Crippen LogP contribution in [0.1, 0.15) is 33.6 Å². The Morgan fingerprint density at radius 3 is 2.56 bits per heavy atom. The Labute approximate surface area is 111 Å². The van der Waals surface area contributed by atoms with Crippen LogP contribution in [0.5, 0.6) is 0 Å². The minimum absolute atomic E-state index is 0.0139. The molecule has 18 heavy (non-hydrogen) atoms. The van der Waals surface area contributed by atoms with Gasteiger partial charge in [0.15, 0.2) is 0 Å². The van der Waals surface area contributed by atoms with Crippen molar-refractivity contribution in [3.63, 3.8) is 0 Å². The first-order chi connectivity index (χ1) is 8.38. The summed E-state index contributed by atoms with van der Waals surface area (Å²) < 4.78 is 0. The van der Waals surface area contributed by atoms with Gasteiger partial charge < -0.3 is 5.73 Å². The largest absolute Gasteiger partial charge is 0.321 e. The van der Waals surface area contributed by atoms with Crippen molar-refractivity contribution in [2.45, 2.75) is 50.9 Å². The second-order valence-electron chi connectivity index (χ2n) is 4.65. The molecule has 6 heteroatoms. The van der Waals surface area contributed by atoms with E-state index in [1.165, 1.54) is 16.7 Å². The van der Waals surface area contributed by atoms with Crippen molar-refractivity contribution in [2.24, 2.45) is 5.73 Å². The lowest BCUT2D eigenvalue weighted by Gasteiger charge is -2.19. The molecule has 0 aromatic rings. The fraction of sp³-hybridized carbons (Fsp3) is 0.750. The van der Waals surface area contributed by atoms with Gasteiger partial charge in [0, 0.05) is 24.6 Å². The van der Waals surface area contributed by atoms with Crippen molar-refractivity contribution < 1.29 is 14.4 Å². The van der Waals surface area contributed by atoms with E-state index in [0.717, 1.165) is 0 Å². The van der Waals surface area contributed by atoms with E-state index in [9.17, 15) is 14.4 Å². The summed E-state index contributed by atoms with van der Waals surface area (Å²) in [5.74, 6) is 0.0847. The Hall–Kier alpha value is -0.880. The zero-order valence-electron chi connectivity index (χ0n) is 11.0. The summed E-state index contributed by atoms with van der Waals surface area (Å²) >= 11 is 1.31. The van der Waals surface area contributed by atoms with Crippen LogP contribution in [-0.2, 0) is 14.4 Å².